The largest absolute Gasteiger partial charge is 0.492 e. The Labute approximate surface area is 214 Å². The number of nitrogens with zero attached hydrogens (tertiary/aromatic N) is 3. The van der Waals surface area contributed by atoms with E-state index in [0.717, 1.165) is 31.0 Å². The van der Waals surface area contributed by atoms with E-state index >= 15 is 0 Å². The minimum absolute atomic E-state index is 0.0924. The van der Waals surface area contributed by atoms with Gasteiger partial charge in [-0.1, -0.05) is 40.6 Å². The van der Waals surface area contributed by atoms with Crippen LogP contribution in [0.15, 0.2) is 41.4 Å². The standard InChI is InChI=1S/C24H21Cl2N5O3S/c25-15-4-3-5-17(20(15)26)29-24-30-23(34)21(35-24)19-14-12-13(6-7-16(14)28-22(19)33)27-18(32)8-11-31-9-1-2-10-31/h3-7,12,34H,1-2,8-11H2,(H,27,32)(H,29,30). The molecule has 0 saturated carbocycles. The lowest BCUT2D eigenvalue weighted by Crippen LogP contribution is -2.27. The van der Waals surface area contributed by atoms with Gasteiger partial charge in [0.05, 0.1) is 26.7 Å². The average molecular weight is 530 g/mol. The van der Waals surface area contributed by atoms with E-state index in [1.807, 2.05) is 0 Å². The third kappa shape index (κ3) is 5.04. The normalized spacial score (nSPS) is 15.3. The van der Waals surface area contributed by atoms with Gasteiger partial charge in [0.15, 0.2) is 5.13 Å². The summed E-state index contributed by atoms with van der Waals surface area (Å²) >= 11 is 13.4. The first kappa shape index (κ1) is 23.7. The highest BCUT2D eigenvalue weighted by atomic mass is 35.5. The van der Waals surface area contributed by atoms with E-state index in [0.29, 0.717) is 43.5 Å². The maximum atomic E-state index is 12.7. The van der Waals surface area contributed by atoms with Crippen molar-refractivity contribution in [2.24, 2.45) is 4.99 Å². The number of thiazole rings is 1. The van der Waals surface area contributed by atoms with Gasteiger partial charge in [-0.05, 0) is 56.3 Å². The van der Waals surface area contributed by atoms with Crippen LogP contribution in [0, 0.1) is 0 Å². The quantitative estimate of drug-likeness (QED) is 0.431. The minimum Gasteiger partial charge on any atom is -0.492 e. The lowest BCUT2D eigenvalue weighted by molar-refractivity contribution is -0.116. The highest BCUT2D eigenvalue weighted by Gasteiger charge is 2.25. The Morgan fingerprint density at radius 1 is 1.17 bits per heavy atom. The van der Waals surface area contributed by atoms with Crippen molar-refractivity contribution in [2.75, 3.05) is 30.3 Å². The molecule has 2 aromatic carbocycles. The van der Waals surface area contributed by atoms with Crippen molar-refractivity contribution >= 4 is 68.4 Å². The zero-order chi connectivity index (χ0) is 24.5. The molecule has 2 aliphatic rings. The van der Waals surface area contributed by atoms with Crippen molar-refractivity contribution < 1.29 is 14.7 Å². The molecule has 11 heteroatoms. The molecule has 2 amide bonds. The highest BCUT2D eigenvalue weighted by Crippen LogP contribution is 2.38. The van der Waals surface area contributed by atoms with Crippen LogP contribution in [0.25, 0.3) is 5.57 Å². The first-order valence-corrected chi connectivity index (χ1v) is 12.7. The van der Waals surface area contributed by atoms with Crippen LogP contribution in [0.5, 0.6) is 5.88 Å². The molecule has 35 heavy (non-hydrogen) atoms. The summed E-state index contributed by atoms with van der Waals surface area (Å²) in [5.41, 5.74) is 1.31. The number of amides is 2. The zero-order valence-corrected chi connectivity index (χ0v) is 20.8. The van der Waals surface area contributed by atoms with E-state index in [4.69, 9.17) is 23.2 Å². The summed E-state index contributed by atoms with van der Waals surface area (Å²) in [5, 5.41) is 18.5. The molecule has 1 aromatic heterocycles. The topological polar surface area (TPSA) is 107 Å². The zero-order valence-electron chi connectivity index (χ0n) is 18.5. The Balaban J connectivity index is 1.41. The highest BCUT2D eigenvalue weighted by molar-refractivity contribution is 7.17. The van der Waals surface area contributed by atoms with Gasteiger partial charge in [0.2, 0.25) is 11.8 Å². The lowest BCUT2D eigenvalue weighted by atomic mass is 10.1. The predicted octanol–water partition coefficient (Wildman–Crippen LogP) is 3.68. The van der Waals surface area contributed by atoms with Crippen LogP contribution < -0.4 is 21.2 Å². The molecule has 0 radical (unpaired) electrons. The number of carbonyl (C=O) groups is 2. The summed E-state index contributed by atoms with van der Waals surface area (Å²) in [6.07, 6.45) is 2.75. The van der Waals surface area contributed by atoms with Crippen molar-refractivity contribution in [3.63, 3.8) is 0 Å². The minimum atomic E-state index is -0.483. The Kier molecular flexibility index (Phi) is 6.75. The molecule has 2 aliphatic heterocycles. The summed E-state index contributed by atoms with van der Waals surface area (Å²) in [5.74, 6) is -0.879. The van der Waals surface area contributed by atoms with Crippen LogP contribution in [-0.4, -0.2) is 46.4 Å². The van der Waals surface area contributed by atoms with Gasteiger partial charge in [-0.25, -0.2) is 4.99 Å². The van der Waals surface area contributed by atoms with E-state index in [-0.39, 0.29) is 22.2 Å². The van der Waals surface area contributed by atoms with Crippen LogP contribution in [0.3, 0.4) is 0 Å². The van der Waals surface area contributed by atoms with Crippen molar-refractivity contribution in [1.29, 1.82) is 0 Å². The Morgan fingerprint density at radius 2 is 1.97 bits per heavy atom. The lowest BCUT2D eigenvalue weighted by Gasteiger charge is -2.13. The van der Waals surface area contributed by atoms with E-state index in [9.17, 15) is 14.7 Å². The van der Waals surface area contributed by atoms with Crippen LogP contribution in [-0.2, 0) is 9.59 Å². The number of hydrogen-bond donors (Lipinski definition) is 3. The molecule has 3 aromatic rings. The molecule has 1 saturated heterocycles. The summed E-state index contributed by atoms with van der Waals surface area (Å²) in [7, 11) is 0. The van der Waals surface area contributed by atoms with E-state index in [1.165, 1.54) is 12.8 Å². The molecular formula is C24H21Cl2N5O3S. The van der Waals surface area contributed by atoms with Gasteiger partial charge in [-0.15, -0.1) is 0 Å². The molecule has 3 N–H and O–H groups in total. The second kappa shape index (κ2) is 9.94. The van der Waals surface area contributed by atoms with Gasteiger partial charge >= 0.3 is 0 Å². The van der Waals surface area contributed by atoms with Crippen LogP contribution in [0.4, 0.5) is 16.5 Å². The van der Waals surface area contributed by atoms with Gasteiger partial charge in [0, 0.05) is 23.9 Å². The number of aromatic hydroxyl groups is 1. The molecule has 0 spiro atoms. The van der Waals surface area contributed by atoms with Gasteiger partial charge in [-0.3, -0.25) is 9.59 Å². The number of aromatic nitrogens is 1. The van der Waals surface area contributed by atoms with Gasteiger partial charge < -0.3 is 20.6 Å². The van der Waals surface area contributed by atoms with Gasteiger partial charge in [0.25, 0.3) is 5.91 Å². The maximum Gasteiger partial charge on any atom is 0.279 e. The number of nitrogens with one attached hydrogen (secondary N) is 2. The van der Waals surface area contributed by atoms with Crippen molar-refractivity contribution in [2.45, 2.75) is 19.3 Å². The SMILES string of the molecule is O=C(CCN1CCCC1)Nc1ccc2c(c1)=C(c1sc(Nc3cccc(Cl)c3Cl)nc1O)C(=O)N=2. The van der Waals surface area contributed by atoms with E-state index < -0.39 is 5.91 Å². The molecule has 0 unspecified atom stereocenters. The monoisotopic (exact) mass is 529 g/mol. The fourth-order valence-corrected chi connectivity index (χ4v) is 5.42. The van der Waals surface area contributed by atoms with Crippen LogP contribution >= 0.6 is 34.5 Å². The predicted molar refractivity (Wildman–Crippen MR) is 137 cm³/mol. The smallest absolute Gasteiger partial charge is 0.279 e. The number of halogens is 2. The molecule has 0 atom stereocenters. The molecule has 5 rings (SSSR count). The van der Waals surface area contributed by atoms with Gasteiger partial charge in [0.1, 0.15) is 4.88 Å². The number of benzene rings is 2. The van der Waals surface area contributed by atoms with Crippen LogP contribution in [0.1, 0.15) is 24.1 Å². The van der Waals surface area contributed by atoms with E-state index in [2.05, 4.69) is 25.5 Å². The number of carbonyl (C=O) groups excluding carboxylic acids is 2. The number of hydrogen-bond acceptors (Lipinski definition) is 7. The summed E-state index contributed by atoms with van der Waals surface area (Å²) in [6.45, 7) is 2.79. The Hall–Kier alpha value is -2.98. The molecular weight excluding hydrogens is 509 g/mol. The van der Waals surface area contributed by atoms with Crippen molar-refractivity contribution in [3.8, 4) is 5.88 Å². The third-order valence-electron chi connectivity index (χ3n) is 5.87. The van der Waals surface area contributed by atoms with E-state index in [1.54, 1.807) is 36.4 Å². The maximum absolute atomic E-state index is 12.7. The van der Waals surface area contributed by atoms with Gasteiger partial charge in [-0.2, -0.15) is 4.98 Å². The number of fused-ring (bicyclic) bond motifs is 1. The van der Waals surface area contributed by atoms with Crippen molar-refractivity contribution in [1.82, 2.24) is 9.88 Å². The summed E-state index contributed by atoms with van der Waals surface area (Å²) in [6, 6.07) is 10.2. The molecule has 180 valence electrons. The molecule has 8 nitrogen and oxygen atoms in total. The van der Waals surface area contributed by atoms with Crippen molar-refractivity contribution in [3.05, 3.63) is 61.9 Å². The average Bonchev–Trinajstić information content (AvgIpc) is 3.54. The van der Waals surface area contributed by atoms with Crippen LogP contribution in [0.2, 0.25) is 10.0 Å². The Bertz CT molecular complexity index is 1450. The first-order chi connectivity index (χ1) is 16.9. The third-order valence-corrected chi connectivity index (χ3v) is 7.67. The fourth-order valence-electron chi connectivity index (χ4n) is 4.14. The number of rotatable bonds is 7. The number of anilines is 3. The first-order valence-electron chi connectivity index (χ1n) is 11.1. The second-order valence-corrected chi connectivity index (χ2v) is 10.1. The molecule has 1 fully saturated rings. The molecule has 0 bridgehead atoms. The Morgan fingerprint density at radius 3 is 2.77 bits per heavy atom. The molecule has 3 heterocycles. The summed E-state index contributed by atoms with van der Waals surface area (Å²) in [4.78, 5) is 36.0. The fraction of sp³-hybridized carbons (Fsp3) is 0.250. The molecule has 0 aliphatic carbocycles. The second-order valence-electron chi connectivity index (χ2n) is 8.27. The number of likely N-dealkylation sites (tertiary alicyclic amines) is 1. The summed E-state index contributed by atoms with van der Waals surface area (Å²) < 4.78 is 0.